The molecule has 2 aromatic heterocycles. The average molecular weight is 268 g/mol. The molecule has 1 spiro atoms. The van der Waals surface area contributed by atoms with Gasteiger partial charge in [0.25, 0.3) is 0 Å². The van der Waals surface area contributed by atoms with E-state index in [-0.39, 0.29) is 0 Å². The molecule has 3 heterocycles. The molecule has 104 valence electrons. The summed E-state index contributed by atoms with van der Waals surface area (Å²) in [5, 5.41) is 4.31. The van der Waals surface area contributed by atoms with Crippen molar-refractivity contribution in [3.63, 3.8) is 0 Å². The molecule has 2 fully saturated rings. The largest absolute Gasteiger partial charge is 0.399 e. The van der Waals surface area contributed by atoms with Gasteiger partial charge in [-0.1, -0.05) is 20.4 Å². The lowest BCUT2D eigenvalue weighted by molar-refractivity contribution is 0.302. The summed E-state index contributed by atoms with van der Waals surface area (Å²) in [5.41, 5.74) is 10.7. The monoisotopic (exact) mass is 268 g/mol. The molecule has 1 aliphatic carbocycles. The van der Waals surface area contributed by atoms with Crippen molar-refractivity contribution in [1.82, 2.24) is 9.61 Å². The number of hydrogen-bond acceptors (Lipinski definition) is 3. The van der Waals surface area contributed by atoms with Gasteiger partial charge in [-0.05, 0) is 24.0 Å². The Morgan fingerprint density at radius 3 is 2.70 bits per heavy atom. The number of nitrogens with two attached hydrogens (primary N) is 1. The predicted octanol–water partition coefficient (Wildman–Crippen LogP) is 2.50. The van der Waals surface area contributed by atoms with Gasteiger partial charge in [0.15, 0.2) is 0 Å². The van der Waals surface area contributed by atoms with E-state index >= 15 is 0 Å². The molecule has 2 aromatic rings. The second-order valence-corrected chi connectivity index (χ2v) is 7.00. The highest BCUT2D eigenvalue weighted by Crippen LogP contribution is 2.68. The van der Waals surface area contributed by atoms with Crippen molar-refractivity contribution in [3.05, 3.63) is 36.7 Å². The van der Waals surface area contributed by atoms with Crippen LogP contribution in [0.15, 0.2) is 31.1 Å². The maximum absolute atomic E-state index is 5.82. The third-order valence-corrected chi connectivity index (χ3v) is 5.29. The number of hydrogen-bond donors (Lipinski definition) is 1. The van der Waals surface area contributed by atoms with Gasteiger partial charge in [0.05, 0.1) is 11.7 Å². The highest BCUT2D eigenvalue weighted by atomic mass is 15.3. The summed E-state index contributed by atoms with van der Waals surface area (Å²) in [7, 11) is 0. The predicted molar refractivity (Wildman–Crippen MR) is 81.5 cm³/mol. The Bertz CT molecular complexity index is 719. The molecule has 0 amide bonds. The van der Waals surface area contributed by atoms with Crippen LogP contribution in [0.2, 0.25) is 0 Å². The summed E-state index contributed by atoms with van der Waals surface area (Å²) in [5.74, 6) is 0. The summed E-state index contributed by atoms with van der Waals surface area (Å²) in [6.07, 6.45) is 5.14. The molecule has 0 bridgehead atoms. The fourth-order valence-electron chi connectivity index (χ4n) is 3.62. The Hall–Kier alpha value is -1.97. The lowest BCUT2D eigenvalue weighted by atomic mass is 9.87. The van der Waals surface area contributed by atoms with Crippen molar-refractivity contribution in [2.45, 2.75) is 20.3 Å². The summed E-state index contributed by atoms with van der Waals surface area (Å²) in [4.78, 5) is 2.45. The van der Waals surface area contributed by atoms with Crippen LogP contribution >= 0.6 is 0 Å². The van der Waals surface area contributed by atoms with Crippen LogP contribution in [0.5, 0.6) is 0 Å². The van der Waals surface area contributed by atoms with E-state index < -0.39 is 0 Å². The van der Waals surface area contributed by atoms with E-state index in [1.54, 1.807) is 6.20 Å². The smallest absolute Gasteiger partial charge is 0.0775 e. The Labute approximate surface area is 118 Å². The molecule has 2 aliphatic rings. The Morgan fingerprint density at radius 2 is 2.10 bits per heavy atom. The van der Waals surface area contributed by atoms with Gasteiger partial charge < -0.3 is 10.6 Å². The molecule has 1 saturated heterocycles. The van der Waals surface area contributed by atoms with Crippen molar-refractivity contribution >= 4 is 16.9 Å². The van der Waals surface area contributed by atoms with E-state index in [4.69, 9.17) is 5.73 Å². The van der Waals surface area contributed by atoms with Crippen molar-refractivity contribution < 1.29 is 0 Å². The second kappa shape index (κ2) is 3.37. The first-order valence-corrected chi connectivity index (χ1v) is 7.09. The Balaban J connectivity index is 1.65. The van der Waals surface area contributed by atoms with Crippen molar-refractivity contribution in [2.24, 2.45) is 16.6 Å². The van der Waals surface area contributed by atoms with Gasteiger partial charge in [-0.2, -0.15) is 5.10 Å². The number of pyridine rings is 1. The first kappa shape index (κ1) is 11.8. The summed E-state index contributed by atoms with van der Waals surface area (Å²) in [6.45, 7) is 10.9. The summed E-state index contributed by atoms with van der Waals surface area (Å²) >= 11 is 0. The van der Waals surface area contributed by atoms with Crippen LogP contribution in [0.1, 0.15) is 25.8 Å². The lowest BCUT2D eigenvalue weighted by Crippen LogP contribution is -2.50. The third kappa shape index (κ3) is 1.39. The number of rotatable bonds is 2. The first-order chi connectivity index (χ1) is 9.42. The van der Waals surface area contributed by atoms with E-state index in [9.17, 15) is 0 Å². The number of nitrogens with zero attached hydrogens (tertiary/aromatic N) is 3. The molecule has 0 radical (unpaired) electrons. The maximum Gasteiger partial charge on any atom is 0.0775 e. The van der Waals surface area contributed by atoms with Crippen molar-refractivity contribution in [1.29, 1.82) is 0 Å². The van der Waals surface area contributed by atoms with Gasteiger partial charge >= 0.3 is 0 Å². The fourth-order valence-corrected chi connectivity index (χ4v) is 3.62. The molecule has 20 heavy (non-hydrogen) atoms. The standard InChI is InChI=1S/C16H20N4/c1-11(17)13-7-18-20-5-4-12(6-14(13)20)19-9-16(10-19)8-15(16,2)3/h4-7H,1,8-10,17H2,2-3H3. The number of anilines is 1. The van der Waals surface area contributed by atoms with Crippen LogP contribution < -0.4 is 10.6 Å². The fraction of sp³-hybridized carbons (Fsp3) is 0.438. The van der Waals surface area contributed by atoms with Crippen LogP contribution in [0, 0.1) is 10.8 Å². The van der Waals surface area contributed by atoms with E-state index in [1.165, 1.54) is 25.2 Å². The zero-order valence-corrected chi connectivity index (χ0v) is 12.1. The van der Waals surface area contributed by atoms with E-state index in [1.807, 2.05) is 10.7 Å². The van der Waals surface area contributed by atoms with Gasteiger partial charge in [-0.25, -0.2) is 4.52 Å². The van der Waals surface area contributed by atoms with Crippen LogP contribution in [0.4, 0.5) is 5.69 Å². The minimum atomic E-state index is 0.529. The second-order valence-electron chi connectivity index (χ2n) is 7.00. The van der Waals surface area contributed by atoms with Crippen LogP contribution in [-0.4, -0.2) is 22.7 Å². The van der Waals surface area contributed by atoms with Gasteiger partial charge in [-0.3, -0.25) is 0 Å². The summed E-state index contributed by atoms with van der Waals surface area (Å²) in [6, 6.07) is 4.30. The molecule has 4 rings (SSSR count). The van der Waals surface area contributed by atoms with Crippen LogP contribution in [0.3, 0.4) is 0 Å². The highest BCUT2D eigenvalue weighted by molar-refractivity contribution is 5.77. The Kier molecular flexibility index (Phi) is 1.99. The molecule has 4 heteroatoms. The average Bonchev–Trinajstić information content (AvgIpc) is 2.74. The van der Waals surface area contributed by atoms with E-state index in [0.717, 1.165) is 11.1 Å². The zero-order chi connectivity index (χ0) is 14.1. The summed E-state index contributed by atoms with van der Waals surface area (Å²) < 4.78 is 1.85. The Morgan fingerprint density at radius 1 is 1.40 bits per heavy atom. The molecular weight excluding hydrogens is 248 g/mol. The van der Waals surface area contributed by atoms with Gasteiger partial charge in [0.2, 0.25) is 0 Å². The van der Waals surface area contributed by atoms with E-state index in [2.05, 4.69) is 42.6 Å². The third-order valence-electron chi connectivity index (χ3n) is 5.29. The SMILES string of the molecule is C=C(N)c1cnn2ccc(N3CC4(C3)CC4(C)C)cc12. The van der Waals surface area contributed by atoms with Gasteiger partial charge in [0.1, 0.15) is 0 Å². The molecule has 4 nitrogen and oxygen atoms in total. The van der Waals surface area contributed by atoms with Crippen LogP contribution in [0.25, 0.3) is 11.2 Å². The zero-order valence-electron chi connectivity index (χ0n) is 12.1. The molecular formula is C16H20N4. The quantitative estimate of drug-likeness (QED) is 0.910. The maximum atomic E-state index is 5.82. The normalized spacial score (nSPS) is 22.0. The molecule has 1 saturated carbocycles. The number of fused-ring (bicyclic) bond motifs is 1. The molecule has 0 aromatic carbocycles. The minimum Gasteiger partial charge on any atom is -0.399 e. The molecule has 0 atom stereocenters. The van der Waals surface area contributed by atoms with Crippen molar-refractivity contribution in [3.8, 4) is 0 Å². The minimum absolute atomic E-state index is 0.529. The highest BCUT2D eigenvalue weighted by Gasteiger charge is 2.66. The van der Waals surface area contributed by atoms with E-state index in [0.29, 0.717) is 16.5 Å². The first-order valence-electron chi connectivity index (χ1n) is 7.09. The number of aromatic nitrogens is 2. The van der Waals surface area contributed by atoms with Gasteiger partial charge in [-0.15, -0.1) is 0 Å². The van der Waals surface area contributed by atoms with Crippen LogP contribution in [-0.2, 0) is 0 Å². The molecule has 2 N–H and O–H groups in total. The lowest BCUT2D eigenvalue weighted by Gasteiger charge is -2.44. The van der Waals surface area contributed by atoms with Crippen molar-refractivity contribution in [2.75, 3.05) is 18.0 Å². The molecule has 0 unspecified atom stereocenters. The molecule has 1 aliphatic heterocycles. The topological polar surface area (TPSA) is 46.6 Å². The van der Waals surface area contributed by atoms with Gasteiger partial charge in [0, 0.05) is 41.6 Å².